The van der Waals surface area contributed by atoms with Crippen molar-refractivity contribution in [1.82, 2.24) is 0 Å². The van der Waals surface area contributed by atoms with E-state index in [-0.39, 0.29) is 23.7 Å². The monoisotopic (exact) mass is 269 g/mol. The molecule has 2 aliphatic rings. The Labute approximate surface area is 119 Å². The number of imide groups is 1. The van der Waals surface area contributed by atoms with Crippen LogP contribution in [-0.2, 0) is 9.59 Å². The van der Waals surface area contributed by atoms with Gasteiger partial charge in [-0.1, -0.05) is 29.3 Å². The minimum Gasteiger partial charge on any atom is -0.274 e. The van der Waals surface area contributed by atoms with E-state index >= 15 is 0 Å². The van der Waals surface area contributed by atoms with Crippen LogP contribution in [0, 0.1) is 25.7 Å². The lowest BCUT2D eigenvalue weighted by Gasteiger charge is -2.19. The standard InChI is InChI=1S/C17H19NO2/c1-10-5-7-15(12(3)8-10)18-16(19)13-6-4-11(2)9-14(13)17(18)20/h4-5,7-8,13-14H,6,9H2,1-3H3. The van der Waals surface area contributed by atoms with E-state index in [1.54, 1.807) is 0 Å². The first-order valence-electron chi connectivity index (χ1n) is 7.09. The first kappa shape index (κ1) is 13.1. The molecule has 1 aromatic rings. The zero-order chi connectivity index (χ0) is 14.4. The van der Waals surface area contributed by atoms with Gasteiger partial charge in [0.15, 0.2) is 0 Å². The van der Waals surface area contributed by atoms with Gasteiger partial charge in [0.25, 0.3) is 0 Å². The average molecular weight is 269 g/mol. The van der Waals surface area contributed by atoms with Crippen LogP contribution in [0.15, 0.2) is 29.8 Å². The molecular weight excluding hydrogens is 250 g/mol. The summed E-state index contributed by atoms with van der Waals surface area (Å²) in [6, 6.07) is 5.85. The lowest BCUT2D eigenvalue weighted by atomic mass is 9.82. The average Bonchev–Trinajstić information content (AvgIpc) is 2.63. The number of allylic oxidation sites excluding steroid dienone is 2. The van der Waals surface area contributed by atoms with Gasteiger partial charge in [-0.25, -0.2) is 4.90 Å². The summed E-state index contributed by atoms with van der Waals surface area (Å²) in [6.07, 6.45) is 3.51. The third-order valence-electron chi connectivity index (χ3n) is 4.42. The van der Waals surface area contributed by atoms with Crippen molar-refractivity contribution in [3.63, 3.8) is 0 Å². The minimum atomic E-state index is -0.160. The summed E-state index contributed by atoms with van der Waals surface area (Å²) >= 11 is 0. The highest BCUT2D eigenvalue weighted by Crippen LogP contribution is 2.40. The second kappa shape index (κ2) is 4.58. The Kier molecular flexibility index (Phi) is 3.00. The Balaban J connectivity index is 2.00. The van der Waals surface area contributed by atoms with Gasteiger partial charge in [-0.3, -0.25) is 9.59 Å². The summed E-state index contributed by atoms with van der Waals surface area (Å²) in [5.41, 5.74) is 4.09. The van der Waals surface area contributed by atoms with Gasteiger partial charge in [0, 0.05) is 0 Å². The molecule has 2 unspecified atom stereocenters. The third-order valence-corrected chi connectivity index (χ3v) is 4.42. The summed E-state index contributed by atoms with van der Waals surface area (Å²) < 4.78 is 0. The van der Waals surface area contributed by atoms with Crippen LogP contribution in [0.1, 0.15) is 30.9 Å². The Morgan fingerprint density at radius 3 is 2.45 bits per heavy atom. The molecule has 0 N–H and O–H groups in total. The highest BCUT2D eigenvalue weighted by Gasteiger charge is 2.48. The molecule has 1 fully saturated rings. The fourth-order valence-corrected chi connectivity index (χ4v) is 3.33. The molecule has 0 aromatic heterocycles. The summed E-state index contributed by atoms with van der Waals surface area (Å²) in [4.78, 5) is 26.6. The summed E-state index contributed by atoms with van der Waals surface area (Å²) in [5.74, 6) is -0.379. The molecule has 1 aromatic carbocycles. The summed E-state index contributed by atoms with van der Waals surface area (Å²) in [6.45, 7) is 6.00. The van der Waals surface area contributed by atoms with Crippen molar-refractivity contribution in [3.05, 3.63) is 41.0 Å². The van der Waals surface area contributed by atoms with Crippen molar-refractivity contribution < 1.29 is 9.59 Å². The second-order valence-corrected chi connectivity index (χ2v) is 6.01. The second-order valence-electron chi connectivity index (χ2n) is 6.01. The van der Waals surface area contributed by atoms with Crippen LogP contribution in [-0.4, -0.2) is 11.8 Å². The van der Waals surface area contributed by atoms with Crippen LogP contribution >= 0.6 is 0 Å². The minimum absolute atomic E-state index is 0.0283. The highest BCUT2D eigenvalue weighted by atomic mass is 16.2. The van der Waals surface area contributed by atoms with Crippen LogP contribution in [0.3, 0.4) is 0 Å². The number of hydrogen-bond donors (Lipinski definition) is 0. The zero-order valence-corrected chi connectivity index (χ0v) is 12.1. The van der Waals surface area contributed by atoms with E-state index in [9.17, 15) is 9.59 Å². The largest absolute Gasteiger partial charge is 0.274 e. The molecule has 0 spiro atoms. The maximum Gasteiger partial charge on any atom is 0.238 e. The molecule has 1 saturated heterocycles. The van der Waals surface area contributed by atoms with Gasteiger partial charge in [-0.05, 0) is 45.2 Å². The predicted molar refractivity (Wildman–Crippen MR) is 78.4 cm³/mol. The number of rotatable bonds is 1. The Hall–Kier alpha value is -1.90. The first-order chi connectivity index (χ1) is 9.49. The van der Waals surface area contributed by atoms with Crippen LogP contribution < -0.4 is 4.90 Å². The number of hydrogen-bond acceptors (Lipinski definition) is 2. The molecule has 1 aliphatic heterocycles. The fourth-order valence-electron chi connectivity index (χ4n) is 3.33. The number of carbonyl (C=O) groups excluding carboxylic acids is 2. The molecule has 2 amide bonds. The molecule has 0 bridgehead atoms. The van der Waals surface area contributed by atoms with Crippen molar-refractivity contribution in [3.8, 4) is 0 Å². The van der Waals surface area contributed by atoms with E-state index in [2.05, 4.69) is 6.08 Å². The molecule has 1 heterocycles. The van der Waals surface area contributed by atoms with Gasteiger partial charge >= 0.3 is 0 Å². The van der Waals surface area contributed by atoms with Crippen molar-refractivity contribution >= 4 is 17.5 Å². The van der Waals surface area contributed by atoms with Gasteiger partial charge in [0.2, 0.25) is 11.8 Å². The van der Waals surface area contributed by atoms with Crippen molar-refractivity contribution in [2.24, 2.45) is 11.8 Å². The number of anilines is 1. The van der Waals surface area contributed by atoms with Gasteiger partial charge < -0.3 is 0 Å². The van der Waals surface area contributed by atoms with Gasteiger partial charge in [-0.15, -0.1) is 0 Å². The molecule has 3 rings (SSSR count). The Morgan fingerprint density at radius 1 is 1.05 bits per heavy atom. The van der Waals surface area contributed by atoms with Crippen molar-refractivity contribution in [2.45, 2.75) is 33.6 Å². The predicted octanol–water partition coefficient (Wildman–Crippen LogP) is 3.15. The molecule has 3 heteroatoms. The van der Waals surface area contributed by atoms with Gasteiger partial charge in [0.05, 0.1) is 17.5 Å². The zero-order valence-electron chi connectivity index (χ0n) is 12.1. The van der Waals surface area contributed by atoms with E-state index in [4.69, 9.17) is 0 Å². The van der Waals surface area contributed by atoms with E-state index in [0.717, 1.165) is 23.2 Å². The van der Waals surface area contributed by atoms with Crippen molar-refractivity contribution in [1.29, 1.82) is 0 Å². The molecule has 20 heavy (non-hydrogen) atoms. The SMILES string of the molecule is CC1=CCC2C(=O)N(c3ccc(C)cc3C)C(=O)C2C1. The molecule has 0 saturated carbocycles. The molecule has 104 valence electrons. The maximum absolute atomic E-state index is 12.6. The van der Waals surface area contributed by atoms with E-state index < -0.39 is 0 Å². The van der Waals surface area contributed by atoms with Crippen LogP contribution in [0.5, 0.6) is 0 Å². The summed E-state index contributed by atoms with van der Waals surface area (Å²) in [5, 5.41) is 0. The molecular formula is C17H19NO2. The number of aryl methyl sites for hydroxylation is 2. The van der Waals surface area contributed by atoms with Crippen molar-refractivity contribution in [2.75, 3.05) is 4.90 Å². The number of amides is 2. The topological polar surface area (TPSA) is 37.4 Å². The smallest absolute Gasteiger partial charge is 0.238 e. The molecule has 2 atom stereocenters. The number of benzene rings is 1. The number of nitrogens with zero attached hydrogens (tertiary/aromatic N) is 1. The van der Waals surface area contributed by atoms with Crippen LogP contribution in [0.25, 0.3) is 0 Å². The quantitative estimate of drug-likeness (QED) is 0.580. The molecule has 0 radical (unpaired) electrons. The lowest BCUT2D eigenvalue weighted by Crippen LogP contribution is -2.31. The van der Waals surface area contributed by atoms with Gasteiger partial charge in [-0.2, -0.15) is 0 Å². The number of fused-ring (bicyclic) bond motifs is 1. The number of carbonyl (C=O) groups is 2. The van der Waals surface area contributed by atoms with Crippen LogP contribution in [0.2, 0.25) is 0 Å². The Morgan fingerprint density at radius 2 is 1.75 bits per heavy atom. The normalized spacial score (nSPS) is 25.8. The molecule has 1 aliphatic carbocycles. The highest BCUT2D eigenvalue weighted by molar-refractivity contribution is 6.22. The molecule has 3 nitrogen and oxygen atoms in total. The van der Waals surface area contributed by atoms with E-state index in [1.165, 1.54) is 10.5 Å². The fraction of sp³-hybridized carbons (Fsp3) is 0.412. The third kappa shape index (κ3) is 1.89. The summed E-state index contributed by atoms with van der Waals surface area (Å²) in [7, 11) is 0. The van der Waals surface area contributed by atoms with Gasteiger partial charge in [0.1, 0.15) is 0 Å². The van der Waals surface area contributed by atoms with E-state index in [0.29, 0.717) is 6.42 Å². The van der Waals surface area contributed by atoms with Crippen LogP contribution in [0.4, 0.5) is 5.69 Å². The van der Waals surface area contributed by atoms with E-state index in [1.807, 2.05) is 39.0 Å². The first-order valence-corrected chi connectivity index (χ1v) is 7.09. The Bertz CT molecular complexity index is 630. The lowest BCUT2D eigenvalue weighted by molar-refractivity contribution is -0.122. The maximum atomic E-state index is 12.6.